The van der Waals surface area contributed by atoms with E-state index >= 15 is 0 Å². The van der Waals surface area contributed by atoms with E-state index in [9.17, 15) is 4.79 Å². The largest absolute Gasteiger partial charge is 0.351 e. The molecule has 21 heavy (non-hydrogen) atoms. The van der Waals surface area contributed by atoms with Gasteiger partial charge in [0.15, 0.2) is 0 Å². The molecule has 1 aromatic heterocycles. The molecule has 5 nitrogen and oxygen atoms in total. The topological polar surface area (TPSA) is 72.9 Å². The number of nitrogens with one attached hydrogen (secondary N) is 1. The van der Waals surface area contributed by atoms with Gasteiger partial charge in [0, 0.05) is 18.3 Å². The molecule has 0 saturated carbocycles. The monoisotopic (exact) mass is 284 g/mol. The van der Waals surface area contributed by atoms with Crippen LogP contribution >= 0.6 is 0 Å². The number of benzene rings is 1. The van der Waals surface area contributed by atoms with Gasteiger partial charge in [0.25, 0.3) is 0 Å². The summed E-state index contributed by atoms with van der Waals surface area (Å²) in [6.45, 7) is 1.97. The molecule has 0 radical (unpaired) electrons. The van der Waals surface area contributed by atoms with Gasteiger partial charge in [-0.1, -0.05) is 24.3 Å². The second-order valence-electron chi connectivity index (χ2n) is 5.66. The molecule has 1 aliphatic rings. The fraction of sp³-hybridized carbons (Fsp3) is 0.375. The SMILES string of the molecule is Cc1c(CC(=O)N[C@@H]2Cc3ccccc3[C@H]2N)cnn1C. The Balaban J connectivity index is 1.66. The van der Waals surface area contributed by atoms with E-state index in [-0.39, 0.29) is 18.0 Å². The standard InChI is InChI=1S/C16H20N4O/c1-10-12(9-18-20(10)2)8-15(21)19-14-7-11-5-3-4-6-13(11)16(14)17/h3-6,9,14,16H,7-8,17H2,1-2H3,(H,19,21)/t14-,16-/m1/s1. The molecule has 3 N–H and O–H groups in total. The third-order valence-corrected chi connectivity index (χ3v) is 4.32. The van der Waals surface area contributed by atoms with Crippen molar-refractivity contribution in [3.05, 3.63) is 52.8 Å². The molecule has 3 rings (SSSR count). The first kappa shape index (κ1) is 13.8. The zero-order chi connectivity index (χ0) is 15.0. The summed E-state index contributed by atoms with van der Waals surface area (Å²) in [6, 6.07) is 7.97. The number of carbonyl (C=O) groups excluding carboxylic acids is 1. The minimum absolute atomic E-state index is 0.000596. The Morgan fingerprint density at radius 3 is 2.90 bits per heavy atom. The zero-order valence-corrected chi connectivity index (χ0v) is 12.3. The summed E-state index contributed by atoms with van der Waals surface area (Å²) in [6.07, 6.45) is 2.90. The van der Waals surface area contributed by atoms with Gasteiger partial charge in [0.2, 0.25) is 5.91 Å². The number of rotatable bonds is 3. The lowest BCUT2D eigenvalue weighted by atomic mass is 10.1. The van der Waals surface area contributed by atoms with E-state index in [1.54, 1.807) is 10.9 Å². The molecule has 0 aliphatic heterocycles. The highest BCUT2D eigenvalue weighted by atomic mass is 16.1. The third-order valence-electron chi connectivity index (χ3n) is 4.32. The summed E-state index contributed by atoms with van der Waals surface area (Å²) in [4.78, 5) is 12.2. The van der Waals surface area contributed by atoms with Crippen molar-refractivity contribution in [3.8, 4) is 0 Å². The van der Waals surface area contributed by atoms with Gasteiger partial charge in [-0.25, -0.2) is 0 Å². The molecule has 5 heteroatoms. The van der Waals surface area contributed by atoms with Crippen molar-refractivity contribution in [3.63, 3.8) is 0 Å². The lowest BCUT2D eigenvalue weighted by Gasteiger charge is -2.17. The van der Waals surface area contributed by atoms with Crippen molar-refractivity contribution in [2.24, 2.45) is 12.8 Å². The molecule has 0 unspecified atom stereocenters. The Morgan fingerprint density at radius 2 is 2.24 bits per heavy atom. The molecule has 1 amide bonds. The van der Waals surface area contributed by atoms with Crippen LogP contribution in [0.15, 0.2) is 30.5 Å². The normalized spacial score (nSPS) is 20.3. The number of hydrogen-bond acceptors (Lipinski definition) is 3. The molecule has 0 spiro atoms. The third kappa shape index (κ3) is 2.56. The maximum Gasteiger partial charge on any atom is 0.224 e. The second kappa shape index (κ2) is 5.33. The van der Waals surface area contributed by atoms with Crippen LogP contribution in [0, 0.1) is 6.92 Å². The van der Waals surface area contributed by atoms with Gasteiger partial charge in [0.05, 0.1) is 24.7 Å². The average molecular weight is 284 g/mol. The van der Waals surface area contributed by atoms with Crippen LogP contribution in [0.4, 0.5) is 0 Å². The van der Waals surface area contributed by atoms with Gasteiger partial charge in [0.1, 0.15) is 0 Å². The molecule has 2 aromatic rings. The highest BCUT2D eigenvalue weighted by Crippen LogP contribution is 2.29. The van der Waals surface area contributed by atoms with E-state index in [2.05, 4.69) is 16.5 Å². The maximum absolute atomic E-state index is 12.2. The average Bonchev–Trinajstić information content (AvgIpc) is 2.94. The van der Waals surface area contributed by atoms with E-state index in [0.717, 1.165) is 23.2 Å². The number of carbonyl (C=O) groups is 1. The Morgan fingerprint density at radius 1 is 1.48 bits per heavy atom. The summed E-state index contributed by atoms with van der Waals surface area (Å²) in [5.74, 6) is -0.000596. The molecule has 110 valence electrons. The number of amides is 1. The van der Waals surface area contributed by atoms with Crippen LogP contribution in [0.5, 0.6) is 0 Å². The molecule has 2 atom stereocenters. The van der Waals surface area contributed by atoms with Gasteiger partial charge in [-0.2, -0.15) is 5.10 Å². The maximum atomic E-state index is 12.2. The summed E-state index contributed by atoms with van der Waals surface area (Å²) < 4.78 is 1.78. The van der Waals surface area contributed by atoms with Crippen molar-refractivity contribution in [2.75, 3.05) is 0 Å². The fourth-order valence-electron chi connectivity index (χ4n) is 2.92. The second-order valence-corrected chi connectivity index (χ2v) is 5.66. The van der Waals surface area contributed by atoms with Crippen LogP contribution in [-0.4, -0.2) is 21.7 Å². The number of nitrogens with zero attached hydrogens (tertiary/aromatic N) is 2. The molecule has 0 fully saturated rings. The highest BCUT2D eigenvalue weighted by molar-refractivity contribution is 5.79. The van der Waals surface area contributed by atoms with Crippen LogP contribution in [-0.2, 0) is 24.7 Å². The van der Waals surface area contributed by atoms with Crippen molar-refractivity contribution < 1.29 is 4.79 Å². The first-order valence-electron chi connectivity index (χ1n) is 7.16. The van der Waals surface area contributed by atoms with Crippen molar-refractivity contribution in [2.45, 2.75) is 31.8 Å². The van der Waals surface area contributed by atoms with Crippen LogP contribution in [0.2, 0.25) is 0 Å². The number of hydrogen-bond donors (Lipinski definition) is 2. The molecular weight excluding hydrogens is 264 g/mol. The number of aromatic nitrogens is 2. The number of nitrogens with two attached hydrogens (primary N) is 1. The summed E-state index contributed by atoms with van der Waals surface area (Å²) in [7, 11) is 1.88. The predicted molar refractivity (Wildman–Crippen MR) is 80.7 cm³/mol. The van der Waals surface area contributed by atoms with Gasteiger partial charge < -0.3 is 11.1 Å². The van der Waals surface area contributed by atoms with Crippen LogP contribution in [0.3, 0.4) is 0 Å². The minimum atomic E-state index is -0.125. The summed E-state index contributed by atoms with van der Waals surface area (Å²) >= 11 is 0. The van der Waals surface area contributed by atoms with Crippen LogP contribution < -0.4 is 11.1 Å². The Kier molecular flexibility index (Phi) is 3.51. The number of fused-ring (bicyclic) bond motifs is 1. The fourth-order valence-corrected chi connectivity index (χ4v) is 2.92. The molecule has 0 saturated heterocycles. The molecule has 1 aromatic carbocycles. The van der Waals surface area contributed by atoms with Gasteiger partial charge >= 0.3 is 0 Å². The van der Waals surface area contributed by atoms with E-state index < -0.39 is 0 Å². The van der Waals surface area contributed by atoms with Crippen LogP contribution in [0.25, 0.3) is 0 Å². The van der Waals surface area contributed by atoms with Gasteiger partial charge in [-0.15, -0.1) is 0 Å². The van der Waals surface area contributed by atoms with E-state index in [1.807, 2.05) is 32.2 Å². The van der Waals surface area contributed by atoms with Crippen molar-refractivity contribution in [1.29, 1.82) is 0 Å². The zero-order valence-electron chi connectivity index (χ0n) is 12.3. The summed E-state index contributed by atoms with van der Waals surface area (Å²) in [5.41, 5.74) is 10.6. The van der Waals surface area contributed by atoms with Crippen molar-refractivity contribution >= 4 is 5.91 Å². The van der Waals surface area contributed by atoms with Gasteiger partial charge in [-0.05, 0) is 24.5 Å². The molecule has 1 heterocycles. The van der Waals surface area contributed by atoms with E-state index in [0.29, 0.717) is 6.42 Å². The van der Waals surface area contributed by atoms with Gasteiger partial charge in [-0.3, -0.25) is 9.48 Å². The van der Waals surface area contributed by atoms with E-state index in [1.165, 1.54) is 5.56 Å². The quantitative estimate of drug-likeness (QED) is 0.883. The minimum Gasteiger partial charge on any atom is -0.351 e. The Labute approximate surface area is 124 Å². The summed E-state index contributed by atoms with van der Waals surface area (Å²) in [5, 5.41) is 7.22. The molecular formula is C16H20N4O. The predicted octanol–water partition coefficient (Wildman–Crippen LogP) is 1.01. The highest BCUT2D eigenvalue weighted by Gasteiger charge is 2.30. The van der Waals surface area contributed by atoms with Crippen molar-refractivity contribution in [1.82, 2.24) is 15.1 Å². The first-order valence-corrected chi connectivity index (χ1v) is 7.16. The van der Waals surface area contributed by atoms with Crippen LogP contribution in [0.1, 0.15) is 28.4 Å². The van der Waals surface area contributed by atoms with E-state index in [4.69, 9.17) is 5.73 Å². The lowest BCUT2D eigenvalue weighted by molar-refractivity contribution is -0.121. The number of aryl methyl sites for hydroxylation is 1. The first-order chi connectivity index (χ1) is 10.1. The molecule has 1 aliphatic carbocycles. The lowest BCUT2D eigenvalue weighted by Crippen LogP contribution is -2.41. The smallest absolute Gasteiger partial charge is 0.224 e. The molecule has 0 bridgehead atoms. The Hall–Kier alpha value is -2.14. The Bertz CT molecular complexity index is 677.